The highest BCUT2D eigenvalue weighted by molar-refractivity contribution is 6.33. The molecule has 5 nitrogen and oxygen atoms in total. The van der Waals surface area contributed by atoms with E-state index in [2.05, 4.69) is 20.3 Å². The predicted molar refractivity (Wildman–Crippen MR) is 62.3 cm³/mol. The molecule has 0 fully saturated rings. The van der Waals surface area contributed by atoms with Gasteiger partial charge in [0.05, 0.1) is 5.02 Å². The van der Waals surface area contributed by atoms with Gasteiger partial charge >= 0.3 is 0 Å². The minimum atomic E-state index is 0.386. The lowest BCUT2D eigenvalue weighted by atomic mass is 10.2. The minimum absolute atomic E-state index is 0.386. The Balaban J connectivity index is 2.04. The van der Waals surface area contributed by atoms with Crippen LogP contribution in [0.15, 0.2) is 41.1 Å². The summed E-state index contributed by atoms with van der Waals surface area (Å²) >= 11 is 6.05. The molecule has 0 spiro atoms. The van der Waals surface area contributed by atoms with Gasteiger partial charge in [-0.25, -0.2) is 0 Å². The summed E-state index contributed by atoms with van der Waals surface area (Å²) in [6.07, 6.45) is 1.62. The summed E-state index contributed by atoms with van der Waals surface area (Å²) in [5, 5.41) is 11.0. The van der Waals surface area contributed by atoms with Gasteiger partial charge < -0.3 is 4.52 Å². The highest BCUT2D eigenvalue weighted by Crippen LogP contribution is 2.26. The van der Waals surface area contributed by atoms with Crippen LogP contribution in [-0.2, 0) is 0 Å². The predicted octanol–water partition coefficient (Wildman–Crippen LogP) is 2.78. The lowest BCUT2D eigenvalue weighted by Gasteiger charge is -1.95. The van der Waals surface area contributed by atoms with Gasteiger partial charge in [0.15, 0.2) is 0 Å². The third kappa shape index (κ3) is 1.81. The Morgan fingerprint density at radius 3 is 2.82 bits per heavy atom. The van der Waals surface area contributed by atoms with Crippen molar-refractivity contribution < 1.29 is 4.52 Å². The standard InChI is InChI=1S/C11H7ClN4O/c12-8-4-2-1-3-7(8)10-14-11(17-16-10)9-5-6-13-15-9/h1-6H,(H,13,15). The largest absolute Gasteiger partial charge is 0.332 e. The van der Waals surface area contributed by atoms with Crippen molar-refractivity contribution in [2.24, 2.45) is 0 Å². The van der Waals surface area contributed by atoms with Gasteiger partial charge in [-0.2, -0.15) is 10.1 Å². The third-order valence-corrected chi connectivity index (χ3v) is 2.60. The molecule has 1 aromatic carbocycles. The zero-order valence-electron chi connectivity index (χ0n) is 8.59. The zero-order valence-corrected chi connectivity index (χ0v) is 9.35. The Hall–Kier alpha value is -2.14. The second kappa shape index (κ2) is 4.03. The number of rotatable bonds is 2. The first-order chi connectivity index (χ1) is 8.34. The molecule has 0 atom stereocenters. The number of H-pyrrole nitrogens is 1. The molecule has 17 heavy (non-hydrogen) atoms. The average Bonchev–Trinajstić information content (AvgIpc) is 3.00. The molecule has 2 aromatic heterocycles. The molecule has 0 amide bonds. The Kier molecular flexibility index (Phi) is 2.38. The van der Waals surface area contributed by atoms with Crippen LogP contribution in [0.1, 0.15) is 0 Å². The Labute approximate surface area is 101 Å². The van der Waals surface area contributed by atoms with Crippen LogP contribution in [0.2, 0.25) is 5.02 Å². The van der Waals surface area contributed by atoms with E-state index in [1.54, 1.807) is 18.3 Å². The van der Waals surface area contributed by atoms with Crippen molar-refractivity contribution in [3.63, 3.8) is 0 Å². The Bertz CT molecular complexity index is 632. The van der Waals surface area contributed by atoms with Crippen LogP contribution in [0, 0.1) is 0 Å². The van der Waals surface area contributed by atoms with E-state index in [0.29, 0.717) is 22.4 Å². The monoisotopic (exact) mass is 246 g/mol. The Morgan fingerprint density at radius 2 is 2.06 bits per heavy atom. The second-order valence-electron chi connectivity index (χ2n) is 3.37. The fraction of sp³-hybridized carbons (Fsp3) is 0. The van der Waals surface area contributed by atoms with Crippen LogP contribution in [-0.4, -0.2) is 20.3 Å². The molecule has 0 radical (unpaired) electrons. The maximum atomic E-state index is 6.05. The number of aromatic nitrogens is 4. The molecule has 3 rings (SSSR count). The fourth-order valence-corrected chi connectivity index (χ4v) is 1.68. The summed E-state index contributed by atoms with van der Waals surface area (Å²) in [4.78, 5) is 4.25. The lowest BCUT2D eigenvalue weighted by Crippen LogP contribution is -1.82. The maximum Gasteiger partial charge on any atom is 0.276 e. The van der Waals surface area contributed by atoms with Crippen LogP contribution < -0.4 is 0 Å². The van der Waals surface area contributed by atoms with Gasteiger partial charge in [-0.3, -0.25) is 5.10 Å². The van der Waals surface area contributed by atoms with E-state index in [0.717, 1.165) is 5.56 Å². The lowest BCUT2D eigenvalue weighted by molar-refractivity contribution is 0.431. The molecule has 6 heteroatoms. The quantitative estimate of drug-likeness (QED) is 0.755. The van der Waals surface area contributed by atoms with E-state index in [1.807, 2.05) is 18.2 Å². The van der Waals surface area contributed by atoms with Crippen molar-refractivity contribution in [2.75, 3.05) is 0 Å². The van der Waals surface area contributed by atoms with E-state index in [-0.39, 0.29) is 0 Å². The topological polar surface area (TPSA) is 67.6 Å². The maximum absolute atomic E-state index is 6.05. The SMILES string of the molecule is Clc1ccccc1-c1noc(-c2ccn[nH]2)n1. The summed E-state index contributed by atoms with van der Waals surface area (Å²) in [7, 11) is 0. The first-order valence-electron chi connectivity index (χ1n) is 4.93. The van der Waals surface area contributed by atoms with Crippen molar-refractivity contribution in [1.29, 1.82) is 0 Å². The molecule has 84 valence electrons. The molecule has 0 unspecified atom stereocenters. The molecular formula is C11H7ClN4O. The Morgan fingerprint density at radius 1 is 1.18 bits per heavy atom. The van der Waals surface area contributed by atoms with Crippen molar-refractivity contribution in [1.82, 2.24) is 20.3 Å². The highest BCUT2D eigenvalue weighted by atomic mass is 35.5. The number of hydrogen-bond donors (Lipinski definition) is 1. The molecule has 0 saturated heterocycles. The van der Waals surface area contributed by atoms with Gasteiger partial charge in [-0.1, -0.05) is 28.9 Å². The summed E-state index contributed by atoms with van der Waals surface area (Å²) in [5.74, 6) is 0.845. The molecule has 0 aliphatic carbocycles. The van der Waals surface area contributed by atoms with Crippen molar-refractivity contribution in [3.8, 4) is 23.0 Å². The average molecular weight is 247 g/mol. The molecule has 0 aliphatic rings. The number of halogens is 1. The van der Waals surface area contributed by atoms with Crippen molar-refractivity contribution in [3.05, 3.63) is 41.6 Å². The summed E-state index contributed by atoms with van der Waals surface area (Å²) in [6.45, 7) is 0. The van der Waals surface area contributed by atoms with Crippen LogP contribution in [0.3, 0.4) is 0 Å². The summed E-state index contributed by atoms with van der Waals surface area (Å²) < 4.78 is 5.13. The fourth-order valence-electron chi connectivity index (χ4n) is 1.46. The number of hydrogen-bond acceptors (Lipinski definition) is 4. The number of nitrogens with zero attached hydrogens (tertiary/aromatic N) is 3. The summed E-state index contributed by atoms with van der Waals surface area (Å²) in [6, 6.07) is 9.09. The number of benzene rings is 1. The van der Waals surface area contributed by atoms with E-state index in [9.17, 15) is 0 Å². The smallest absolute Gasteiger partial charge is 0.276 e. The molecule has 0 aliphatic heterocycles. The molecule has 3 aromatic rings. The minimum Gasteiger partial charge on any atom is -0.332 e. The molecular weight excluding hydrogens is 240 g/mol. The zero-order chi connectivity index (χ0) is 11.7. The first-order valence-corrected chi connectivity index (χ1v) is 5.31. The van der Waals surface area contributed by atoms with E-state index in [4.69, 9.17) is 16.1 Å². The van der Waals surface area contributed by atoms with Crippen LogP contribution in [0.5, 0.6) is 0 Å². The van der Waals surface area contributed by atoms with Gasteiger partial charge in [0.25, 0.3) is 5.89 Å². The summed E-state index contributed by atoms with van der Waals surface area (Å²) in [5.41, 5.74) is 1.42. The van der Waals surface area contributed by atoms with Crippen molar-refractivity contribution in [2.45, 2.75) is 0 Å². The highest BCUT2D eigenvalue weighted by Gasteiger charge is 2.13. The third-order valence-electron chi connectivity index (χ3n) is 2.27. The van der Waals surface area contributed by atoms with Gasteiger partial charge in [-0.15, -0.1) is 0 Å². The van der Waals surface area contributed by atoms with E-state index >= 15 is 0 Å². The molecule has 0 saturated carbocycles. The normalized spacial score (nSPS) is 10.6. The second-order valence-corrected chi connectivity index (χ2v) is 3.78. The first kappa shape index (κ1) is 10.0. The van der Waals surface area contributed by atoms with Crippen LogP contribution in [0.4, 0.5) is 0 Å². The van der Waals surface area contributed by atoms with Gasteiger partial charge in [-0.05, 0) is 18.2 Å². The number of aromatic amines is 1. The number of nitrogens with one attached hydrogen (secondary N) is 1. The van der Waals surface area contributed by atoms with Crippen LogP contribution in [0.25, 0.3) is 23.0 Å². The van der Waals surface area contributed by atoms with Gasteiger partial charge in [0.1, 0.15) is 5.69 Å². The molecule has 2 heterocycles. The van der Waals surface area contributed by atoms with Gasteiger partial charge in [0.2, 0.25) is 5.82 Å². The van der Waals surface area contributed by atoms with Crippen LogP contribution >= 0.6 is 11.6 Å². The van der Waals surface area contributed by atoms with E-state index in [1.165, 1.54) is 0 Å². The molecule has 0 bridgehead atoms. The molecule has 1 N–H and O–H groups in total. The van der Waals surface area contributed by atoms with Crippen molar-refractivity contribution >= 4 is 11.6 Å². The van der Waals surface area contributed by atoms with E-state index < -0.39 is 0 Å². The van der Waals surface area contributed by atoms with Gasteiger partial charge in [0, 0.05) is 11.8 Å².